The molecule has 0 atom stereocenters. The maximum atomic E-state index is 11.6. The molecular formula is C12H23NO5. The van der Waals surface area contributed by atoms with Crippen LogP contribution in [0.1, 0.15) is 34.6 Å². The van der Waals surface area contributed by atoms with Crippen LogP contribution in [0.5, 0.6) is 0 Å². The SMILES string of the molecule is CN(CCOC(C)(C)C(=O)O)C(=O)OC(C)(C)C. The van der Waals surface area contributed by atoms with Crippen molar-refractivity contribution in [3.63, 3.8) is 0 Å². The topological polar surface area (TPSA) is 76.1 Å². The van der Waals surface area contributed by atoms with E-state index in [2.05, 4.69) is 0 Å². The van der Waals surface area contributed by atoms with E-state index >= 15 is 0 Å². The van der Waals surface area contributed by atoms with Crippen LogP contribution >= 0.6 is 0 Å². The number of nitrogens with zero attached hydrogens (tertiary/aromatic N) is 1. The minimum absolute atomic E-state index is 0.134. The second kappa shape index (κ2) is 6.04. The van der Waals surface area contributed by atoms with Crippen LogP contribution in [0.2, 0.25) is 0 Å². The molecule has 18 heavy (non-hydrogen) atoms. The molecule has 1 amide bonds. The van der Waals surface area contributed by atoms with Crippen LogP contribution in [-0.4, -0.2) is 53.5 Å². The lowest BCUT2D eigenvalue weighted by molar-refractivity contribution is -0.161. The molecule has 0 saturated heterocycles. The highest BCUT2D eigenvalue weighted by atomic mass is 16.6. The zero-order chi connectivity index (χ0) is 14.6. The number of hydrogen-bond donors (Lipinski definition) is 1. The van der Waals surface area contributed by atoms with Gasteiger partial charge in [-0.2, -0.15) is 0 Å². The summed E-state index contributed by atoms with van der Waals surface area (Å²) in [7, 11) is 1.57. The molecule has 0 aromatic carbocycles. The lowest BCUT2D eigenvalue weighted by Crippen LogP contribution is -2.40. The van der Waals surface area contributed by atoms with E-state index in [0.29, 0.717) is 0 Å². The van der Waals surface area contributed by atoms with Crippen LogP contribution in [-0.2, 0) is 14.3 Å². The first-order valence-electron chi connectivity index (χ1n) is 5.77. The first kappa shape index (κ1) is 16.7. The molecule has 0 fully saturated rings. The Morgan fingerprint density at radius 3 is 2.06 bits per heavy atom. The molecule has 0 aromatic rings. The number of rotatable bonds is 5. The fourth-order valence-electron chi connectivity index (χ4n) is 0.931. The summed E-state index contributed by atoms with van der Waals surface area (Å²) in [6.07, 6.45) is -0.459. The number of amides is 1. The average Bonchev–Trinajstić information content (AvgIpc) is 2.14. The Balaban J connectivity index is 4.09. The molecule has 1 N–H and O–H groups in total. The Labute approximate surface area is 108 Å². The van der Waals surface area contributed by atoms with E-state index < -0.39 is 23.3 Å². The Bertz CT molecular complexity index is 306. The van der Waals surface area contributed by atoms with E-state index in [1.165, 1.54) is 18.7 Å². The third-order valence-electron chi connectivity index (χ3n) is 2.11. The van der Waals surface area contributed by atoms with Gasteiger partial charge in [-0.15, -0.1) is 0 Å². The summed E-state index contributed by atoms with van der Waals surface area (Å²) in [5.41, 5.74) is -1.80. The molecule has 6 nitrogen and oxygen atoms in total. The van der Waals surface area contributed by atoms with E-state index in [1.807, 2.05) is 0 Å². The van der Waals surface area contributed by atoms with Gasteiger partial charge in [0.2, 0.25) is 0 Å². The van der Waals surface area contributed by atoms with Crippen molar-refractivity contribution in [3.8, 4) is 0 Å². The van der Waals surface area contributed by atoms with Crippen molar-refractivity contribution in [2.24, 2.45) is 0 Å². The molecule has 0 aliphatic carbocycles. The van der Waals surface area contributed by atoms with Crippen molar-refractivity contribution in [1.82, 2.24) is 4.90 Å². The zero-order valence-electron chi connectivity index (χ0n) is 11.9. The molecular weight excluding hydrogens is 238 g/mol. The van der Waals surface area contributed by atoms with Crippen molar-refractivity contribution >= 4 is 12.1 Å². The van der Waals surface area contributed by atoms with E-state index in [-0.39, 0.29) is 13.2 Å². The van der Waals surface area contributed by atoms with Crippen molar-refractivity contribution < 1.29 is 24.2 Å². The number of likely N-dealkylation sites (N-methyl/N-ethyl adjacent to an activating group) is 1. The molecule has 0 spiro atoms. The summed E-state index contributed by atoms with van der Waals surface area (Å²) in [6.45, 7) is 8.67. The van der Waals surface area contributed by atoms with Gasteiger partial charge in [0.05, 0.1) is 6.61 Å². The van der Waals surface area contributed by atoms with Gasteiger partial charge in [-0.3, -0.25) is 0 Å². The predicted molar refractivity (Wildman–Crippen MR) is 66.5 cm³/mol. The number of hydrogen-bond acceptors (Lipinski definition) is 4. The number of aliphatic carboxylic acids is 1. The van der Waals surface area contributed by atoms with E-state index in [1.54, 1.807) is 27.8 Å². The Kier molecular flexibility index (Phi) is 5.60. The van der Waals surface area contributed by atoms with Gasteiger partial charge in [0, 0.05) is 13.6 Å². The Morgan fingerprint density at radius 2 is 1.67 bits per heavy atom. The zero-order valence-corrected chi connectivity index (χ0v) is 11.9. The molecule has 6 heteroatoms. The third kappa shape index (κ3) is 6.44. The quantitative estimate of drug-likeness (QED) is 0.815. The normalized spacial score (nSPS) is 12.1. The van der Waals surface area contributed by atoms with Gasteiger partial charge in [-0.1, -0.05) is 0 Å². The number of ether oxygens (including phenoxy) is 2. The van der Waals surface area contributed by atoms with Crippen molar-refractivity contribution in [2.75, 3.05) is 20.2 Å². The Hall–Kier alpha value is -1.30. The maximum absolute atomic E-state index is 11.6. The minimum Gasteiger partial charge on any atom is -0.479 e. The predicted octanol–water partition coefficient (Wildman–Crippen LogP) is 1.73. The second-order valence-corrected chi connectivity index (χ2v) is 5.57. The molecule has 106 valence electrons. The first-order valence-corrected chi connectivity index (χ1v) is 5.77. The molecule has 0 bridgehead atoms. The lowest BCUT2D eigenvalue weighted by Gasteiger charge is -2.26. The standard InChI is InChI=1S/C12H23NO5/c1-11(2,3)18-10(16)13(6)7-8-17-12(4,5)9(14)15/h7-8H2,1-6H3,(H,14,15). The first-order chi connectivity index (χ1) is 7.96. The smallest absolute Gasteiger partial charge is 0.410 e. The van der Waals surface area contributed by atoms with Gasteiger partial charge in [0.25, 0.3) is 0 Å². The van der Waals surface area contributed by atoms with Crippen LogP contribution in [0.3, 0.4) is 0 Å². The Morgan fingerprint density at radius 1 is 1.17 bits per heavy atom. The molecule has 0 rings (SSSR count). The average molecular weight is 261 g/mol. The van der Waals surface area contributed by atoms with E-state index in [4.69, 9.17) is 14.6 Å². The minimum atomic E-state index is -1.26. The van der Waals surface area contributed by atoms with E-state index in [9.17, 15) is 9.59 Å². The molecule has 0 aliphatic rings. The summed E-state index contributed by atoms with van der Waals surface area (Å²) in [5, 5.41) is 8.84. The summed E-state index contributed by atoms with van der Waals surface area (Å²) in [6, 6.07) is 0. The monoisotopic (exact) mass is 261 g/mol. The maximum Gasteiger partial charge on any atom is 0.410 e. The molecule has 0 saturated carbocycles. The molecule has 0 aromatic heterocycles. The molecule has 0 heterocycles. The van der Waals surface area contributed by atoms with Gasteiger partial charge >= 0.3 is 12.1 Å². The van der Waals surface area contributed by atoms with Gasteiger partial charge in [0.15, 0.2) is 5.60 Å². The summed E-state index contributed by atoms with van der Waals surface area (Å²) in [5.74, 6) is -1.04. The van der Waals surface area contributed by atoms with Crippen molar-refractivity contribution in [2.45, 2.75) is 45.8 Å². The summed E-state index contributed by atoms with van der Waals surface area (Å²) >= 11 is 0. The number of carboxylic acid groups (broad SMARTS) is 1. The van der Waals surface area contributed by atoms with Crippen LogP contribution in [0.4, 0.5) is 4.79 Å². The largest absolute Gasteiger partial charge is 0.479 e. The molecule has 0 aliphatic heterocycles. The fraction of sp³-hybridized carbons (Fsp3) is 0.833. The highest BCUT2D eigenvalue weighted by Crippen LogP contribution is 2.11. The van der Waals surface area contributed by atoms with Crippen LogP contribution in [0, 0.1) is 0 Å². The lowest BCUT2D eigenvalue weighted by atomic mass is 10.1. The van der Waals surface area contributed by atoms with Gasteiger partial charge in [0.1, 0.15) is 5.60 Å². The summed E-state index contributed by atoms with van der Waals surface area (Å²) in [4.78, 5) is 23.7. The van der Waals surface area contributed by atoms with Gasteiger partial charge in [-0.25, -0.2) is 9.59 Å². The number of carbonyl (C=O) groups is 2. The van der Waals surface area contributed by atoms with Crippen LogP contribution in [0.25, 0.3) is 0 Å². The van der Waals surface area contributed by atoms with Gasteiger partial charge in [-0.05, 0) is 34.6 Å². The highest BCUT2D eigenvalue weighted by molar-refractivity contribution is 5.76. The molecule has 0 radical (unpaired) electrons. The van der Waals surface area contributed by atoms with Gasteiger partial charge < -0.3 is 19.5 Å². The molecule has 0 unspecified atom stereocenters. The van der Waals surface area contributed by atoms with Crippen LogP contribution in [0.15, 0.2) is 0 Å². The number of carboxylic acids is 1. The summed E-state index contributed by atoms with van der Waals surface area (Å²) < 4.78 is 10.3. The fourth-order valence-corrected chi connectivity index (χ4v) is 0.931. The van der Waals surface area contributed by atoms with Crippen molar-refractivity contribution in [3.05, 3.63) is 0 Å². The van der Waals surface area contributed by atoms with Crippen molar-refractivity contribution in [1.29, 1.82) is 0 Å². The third-order valence-corrected chi connectivity index (χ3v) is 2.11. The highest BCUT2D eigenvalue weighted by Gasteiger charge is 2.28. The van der Waals surface area contributed by atoms with E-state index in [0.717, 1.165) is 0 Å². The second-order valence-electron chi connectivity index (χ2n) is 5.57. The van der Waals surface area contributed by atoms with Crippen LogP contribution < -0.4 is 0 Å². The number of carbonyl (C=O) groups excluding carboxylic acids is 1.